The molecule has 0 amide bonds. The summed E-state index contributed by atoms with van der Waals surface area (Å²) in [6.07, 6.45) is 13.9. The van der Waals surface area contributed by atoms with Crippen LogP contribution in [-0.4, -0.2) is 44.4 Å². The molecule has 27 heavy (non-hydrogen) atoms. The van der Waals surface area contributed by atoms with E-state index in [-0.39, 0.29) is 21.7 Å². The number of aromatic nitrogens is 2. The molecule has 3 aliphatic heterocycles. The van der Waals surface area contributed by atoms with Crippen LogP contribution in [0, 0.1) is 0 Å². The van der Waals surface area contributed by atoms with Crippen molar-refractivity contribution in [3.05, 3.63) is 33.9 Å². The number of rotatable bonds is 1. The van der Waals surface area contributed by atoms with Crippen molar-refractivity contribution in [2.75, 3.05) is 39.3 Å². The fourth-order valence-corrected chi connectivity index (χ4v) is 2.76. The van der Waals surface area contributed by atoms with Crippen molar-refractivity contribution in [3.8, 4) is 0 Å². The predicted molar refractivity (Wildman–Crippen MR) is 112 cm³/mol. The van der Waals surface area contributed by atoms with Crippen molar-refractivity contribution < 1.29 is 21.7 Å². The molecule has 0 aliphatic carbocycles. The van der Waals surface area contributed by atoms with Gasteiger partial charge in [0.05, 0.1) is 0 Å². The van der Waals surface area contributed by atoms with Gasteiger partial charge in [-0.2, -0.15) is 6.20 Å². The first-order chi connectivity index (χ1) is 12.8. The zero-order valence-corrected chi connectivity index (χ0v) is 19.1. The zero-order chi connectivity index (χ0) is 18.7. The van der Waals surface area contributed by atoms with E-state index in [9.17, 15) is 0 Å². The molecule has 1 aromatic heterocycles. The number of hydrogen-bond acceptors (Lipinski definition) is 1. The summed E-state index contributed by atoms with van der Waals surface area (Å²) >= 11 is 0. The molecule has 152 valence electrons. The molecule has 3 saturated heterocycles. The first kappa shape index (κ1) is 26.8. The Hall–Kier alpha value is -0.196. The van der Waals surface area contributed by atoms with Crippen LogP contribution >= 0.6 is 0 Å². The van der Waals surface area contributed by atoms with Gasteiger partial charge in [0, 0.05) is 5.69 Å². The van der Waals surface area contributed by atoms with Crippen LogP contribution in [0.5, 0.6) is 0 Å². The molecule has 4 rings (SSSR count). The van der Waals surface area contributed by atoms with Crippen molar-refractivity contribution in [1.29, 1.82) is 0 Å². The second-order valence-corrected chi connectivity index (χ2v) is 7.31. The van der Waals surface area contributed by atoms with Crippen LogP contribution in [0.3, 0.4) is 0 Å². The molecule has 0 unspecified atom stereocenters. The van der Waals surface area contributed by atoms with Crippen LogP contribution in [0.1, 0.15) is 83.2 Å². The van der Waals surface area contributed by atoms with E-state index in [2.05, 4.69) is 40.0 Å². The number of nitrogens with zero attached hydrogens (tertiary/aromatic N) is 5. The van der Waals surface area contributed by atoms with Crippen molar-refractivity contribution in [3.63, 3.8) is 0 Å². The van der Waals surface area contributed by atoms with Gasteiger partial charge in [-0.25, -0.2) is 0 Å². The van der Waals surface area contributed by atoms with Gasteiger partial charge in [0.25, 0.3) is 0 Å². The van der Waals surface area contributed by atoms with Gasteiger partial charge in [-0.05, 0) is 5.92 Å². The average molecular weight is 409 g/mol. The van der Waals surface area contributed by atoms with E-state index in [0.717, 1.165) is 45.0 Å². The Balaban J connectivity index is 0.000000332. The van der Waals surface area contributed by atoms with Crippen molar-refractivity contribution in [2.45, 2.75) is 77.6 Å². The Bertz CT molecular complexity index is 309. The van der Waals surface area contributed by atoms with Gasteiger partial charge in [0.15, 0.2) is 0 Å². The Morgan fingerprint density at radius 2 is 1.04 bits per heavy atom. The maximum Gasteiger partial charge on any atom is 4.00 e. The second kappa shape index (κ2) is 20.5. The van der Waals surface area contributed by atoms with E-state index in [1.165, 1.54) is 57.8 Å². The Morgan fingerprint density at radius 1 is 0.667 bits per heavy atom. The summed E-state index contributed by atoms with van der Waals surface area (Å²) in [4.78, 5) is 0. The van der Waals surface area contributed by atoms with Gasteiger partial charge in [-0.3, -0.25) is 0 Å². The van der Waals surface area contributed by atoms with Gasteiger partial charge < -0.3 is 26.1 Å². The SMILES string of the molecule is C1CC[N-]CC1.C1CC[N-]CC1.C1CC[N-]CC1.CC(C)c1cc[n-]n1.[Ti+4]. The van der Waals surface area contributed by atoms with Gasteiger partial charge in [0.1, 0.15) is 0 Å². The monoisotopic (exact) mass is 409 g/mol. The first-order valence-electron chi connectivity index (χ1n) is 10.6. The Labute approximate surface area is 182 Å². The van der Waals surface area contributed by atoms with Crippen LogP contribution in [0.15, 0.2) is 12.3 Å². The molecule has 0 bridgehead atoms. The zero-order valence-electron chi connectivity index (χ0n) is 17.6. The van der Waals surface area contributed by atoms with Gasteiger partial charge in [0.2, 0.25) is 0 Å². The van der Waals surface area contributed by atoms with Gasteiger partial charge in [-0.1, -0.05) is 77.7 Å². The molecule has 3 aliphatic rings. The molecule has 0 atom stereocenters. The summed E-state index contributed by atoms with van der Waals surface area (Å²) in [6, 6.07) is 1.94. The summed E-state index contributed by atoms with van der Waals surface area (Å²) in [5, 5.41) is 20.1. The summed E-state index contributed by atoms with van der Waals surface area (Å²) in [5.74, 6) is 0.512. The topological polar surface area (TPSA) is 69.3 Å². The normalized spacial score (nSPS) is 19.1. The molecule has 0 spiro atoms. The molecule has 0 radical (unpaired) electrons. The third-order valence-electron chi connectivity index (χ3n) is 4.47. The van der Waals surface area contributed by atoms with E-state index in [4.69, 9.17) is 0 Å². The van der Waals surface area contributed by atoms with Gasteiger partial charge in [-0.15, -0.1) is 39.3 Å². The van der Waals surface area contributed by atoms with Crippen LogP contribution in [0.25, 0.3) is 16.0 Å². The van der Waals surface area contributed by atoms with Crippen molar-refractivity contribution in [1.82, 2.24) is 10.2 Å². The number of piperidine rings is 3. The maximum absolute atomic E-state index is 4.18. The van der Waals surface area contributed by atoms with Crippen LogP contribution < -0.4 is 5.10 Å². The van der Waals surface area contributed by atoms with Crippen LogP contribution in [-0.2, 0) is 21.7 Å². The fourth-order valence-electron chi connectivity index (χ4n) is 2.76. The smallest absolute Gasteiger partial charge is 0.662 e. The third-order valence-corrected chi connectivity index (χ3v) is 4.47. The van der Waals surface area contributed by atoms with E-state index in [0.29, 0.717) is 5.92 Å². The van der Waals surface area contributed by atoms with Gasteiger partial charge >= 0.3 is 21.7 Å². The minimum Gasteiger partial charge on any atom is -0.662 e. The summed E-state index contributed by atoms with van der Waals surface area (Å²) in [6.45, 7) is 11.0. The molecular weight excluding hydrogens is 370 g/mol. The van der Waals surface area contributed by atoms with Crippen LogP contribution in [0.4, 0.5) is 0 Å². The molecule has 1 aromatic rings. The molecule has 0 saturated carbocycles. The summed E-state index contributed by atoms with van der Waals surface area (Å²) < 4.78 is 0. The first-order valence-corrected chi connectivity index (χ1v) is 10.6. The summed E-state index contributed by atoms with van der Waals surface area (Å²) in [5.41, 5.74) is 1.07. The predicted octanol–water partition coefficient (Wildman–Crippen LogP) is 5.79. The molecule has 4 heterocycles. The molecule has 0 aromatic carbocycles. The average Bonchev–Trinajstić information content (AvgIpc) is 3.29. The minimum absolute atomic E-state index is 0. The van der Waals surface area contributed by atoms with E-state index in [1.54, 1.807) is 6.20 Å². The molecule has 0 N–H and O–H groups in total. The molecule has 5 nitrogen and oxygen atoms in total. The van der Waals surface area contributed by atoms with Crippen molar-refractivity contribution >= 4 is 0 Å². The maximum atomic E-state index is 4.18. The third kappa shape index (κ3) is 17.6. The van der Waals surface area contributed by atoms with E-state index in [1.807, 2.05) is 6.07 Å². The largest absolute Gasteiger partial charge is 4.00 e. The quantitative estimate of drug-likeness (QED) is 0.551. The standard InChI is InChI=1S/C6H9N2.3C5H10N.Ti/c1-5(2)6-3-4-7-8-6;3*1-2-4-6-5-3-1;/h3-5H,1-2H3;3*1-5H2;/q4*-1;+4. The number of hydrogen-bond donors (Lipinski definition) is 0. The molecule has 3 fully saturated rings. The molecule has 6 heteroatoms. The van der Waals surface area contributed by atoms with E-state index >= 15 is 0 Å². The van der Waals surface area contributed by atoms with E-state index < -0.39 is 0 Å². The molecular formula is C21H39N5Ti. The van der Waals surface area contributed by atoms with Crippen molar-refractivity contribution in [2.24, 2.45) is 0 Å². The second-order valence-electron chi connectivity index (χ2n) is 7.31. The Kier molecular flexibility index (Phi) is 20.4. The summed E-state index contributed by atoms with van der Waals surface area (Å²) in [7, 11) is 0. The van der Waals surface area contributed by atoms with Crippen LogP contribution in [0.2, 0.25) is 0 Å². The fraction of sp³-hybridized carbons (Fsp3) is 0.857. The minimum atomic E-state index is 0. The Morgan fingerprint density at radius 3 is 1.15 bits per heavy atom.